The van der Waals surface area contributed by atoms with E-state index in [0.717, 1.165) is 26.1 Å². The number of nitrogens with one attached hydrogen (secondary N) is 1. The van der Waals surface area contributed by atoms with Gasteiger partial charge >= 0.3 is 0 Å². The van der Waals surface area contributed by atoms with Crippen molar-refractivity contribution in [1.82, 2.24) is 5.32 Å². The van der Waals surface area contributed by atoms with Crippen LogP contribution in [0, 0.1) is 5.92 Å². The molecule has 0 saturated carbocycles. The molecule has 1 heterocycles. The molecule has 84 valence electrons. The summed E-state index contributed by atoms with van der Waals surface area (Å²) in [5.41, 5.74) is 0.0894. The molecule has 3 heteroatoms. The number of β-amino-alcohol motifs (C(OH)–C–C–N with tert-alkyl or cyclic N) is 1. The maximum Gasteiger partial charge on any atom is 0.0694 e. The first-order chi connectivity index (χ1) is 6.49. The van der Waals surface area contributed by atoms with Crippen molar-refractivity contribution < 1.29 is 9.84 Å². The second kappa shape index (κ2) is 5.10. The Labute approximate surface area is 86.8 Å². The first-order valence-electron chi connectivity index (χ1n) is 5.50. The average Bonchev–Trinajstić information content (AvgIpc) is 2.14. The molecule has 0 amide bonds. The molecule has 0 radical (unpaired) electrons. The Bertz CT molecular complexity index is 159. The van der Waals surface area contributed by atoms with Gasteiger partial charge in [0.15, 0.2) is 0 Å². The lowest BCUT2D eigenvalue weighted by Gasteiger charge is -2.29. The molecule has 3 nitrogen and oxygen atoms in total. The normalized spacial score (nSPS) is 22.3. The number of rotatable bonds is 3. The van der Waals surface area contributed by atoms with Crippen molar-refractivity contribution >= 4 is 0 Å². The molecule has 14 heavy (non-hydrogen) atoms. The Hall–Kier alpha value is -0.120. The van der Waals surface area contributed by atoms with Crippen LogP contribution in [0.2, 0.25) is 0 Å². The van der Waals surface area contributed by atoms with Crippen LogP contribution in [0.4, 0.5) is 0 Å². The molecule has 0 bridgehead atoms. The second-order valence-corrected chi connectivity index (χ2v) is 5.15. The van der Waals surface area contributed by atoms with Gasteiger partial charge in [-0.1, -0.05) is 0 Å². The molecule has 2 N–H and O–H groups in total. The highest BCUT2D eigenvalue weighted by Gasteiger charge is 2.23. The number of aliphatic hydroxyl groups is 1. The largest absolute Gasteiger partial charge is 0.392 e. The van der Waals surface area contributed by atoms with Crippen LogP contribution < -0.4 is 5.32 Å². The molecule has 0 spiro atoms. The van der Waals surface area contributed by atoms with Crippen LogP contribution in [-0.2, 0) is 4.74 Å². The standard InChI is InChI=1S/C11H23NO2/c1-11(2,3)12-8-10(13)9-4-6-14-7-5-9/h9-10,12-13H,4-8H2,1-3H3. The van der Waals surface area contributed by atoms with Gasteiger partial charge in [0.1, 0.15) is 0 Å². The molecule has 1 saturated heterocycles. The van der Waals surface area contributed by atoms with Gasteiger partial charge in [-0.15, -0.1) is 0 Å². The van der Waals surface area contributed by atoms with Crippen LogP contribution in [-0.4, -0.2) is 36.5 Å². The van der Waals surface area contributed by atoms with Crippen LogP contribution in [0.3, 0.4) is 0 Å². The maximum absolute atomic E-state index is 9.92. The van der Waals surface area contributed by atoms with Gasteiger partial charge in [-0.25, -0.2) is 0 Å². The van der Waals surface area contributed by atoms with E-state index in [0.29, 0.717) is 12.5 Å². The molecule has 0 aliphatic carbocycles. The summed E-state index contributed by atoms with van der Waals surface area (Å²) in [6.45, 7) is 8.64. The Morgan fingerprint density at radius 2 is 1.93 bits per heavy atom. The zero-order chi connectivity index (χ0) is 10.6. The van der Waals surface area contributed by atoms with Crippen molar-refractivity contribution in [3.05, 3.63) is 0 Å². The van der Waals surface area contributed by atoms with Crippen molar-refractivity contribution in [3.8, 4) is 0 Å². The van der Waals surface area contributed by atoms with Crippen LogP contribution in [0.25, 0.3) is 0 Å². The van der Waals surface area contributed by atoms with E-state index in [1.165, 1.54) is 0 Å². The summed E-state index contributed by atoms with van der Waals surface area (Å²) < 4.78 is 5.26. The molecule has 1 rings (SSSR count). The molecular formula is C11H23NO2. The van der Waals surface area contributed by atoms with Gasteiger partial charge < -0.3 is 15.2 Å². The third kappa shape index (κ3) is 4.40. The molecule has 1 atom stereocenters. The number of hydrogen-bond acceptors (Lipinski definition) is 3. The van der Waals surface area contributed by atoms with E-state index in [9.17, 15) is 5.11 Å². The van der Waals surface area contributed by atoms with Gasteiger partial charge in [0.25, 0.3) is 0 Å². The fourth-order valence-corrected chi connectivity index (χ4v) is 1.68. The molecule has 1 aliphatic heterocycles. The molecule has 1 fully saturated rings. The van der Waals surface area contributed by atoms with Crippen molar-refractivity contribution in [3.63, 3.8) is 0 Å². The van der Waals surface area contributed by atoms with E-state index in [-0.39, 0.29) is 11.6 Å². The minimum absolute atomic E-state index is 0.0894. The van der Waals surface area contributed by atoms with E-state index < -0.39 is 0 Å². The molecule has 0 aromatic carbocycles. The molecule has 0 aromatic rings. The van der Waals surface area contributed by atoms with E-state index in [1.807, 2.05) is 0 Å². The van der Waals surface area contributed by atoms with Crippen molar-refractivity contribution in [1.29, 1.82) is 0 Å². The summed E-state index contributed by atoms with van der Waals surface area (Å²) in [5, 5.41) is 13.2. The van der Waals surface area contributed by atoms with Crippen molar-refractivity contribution in [2.75, 3.05) is 19.8 Å². The Balaban J connectivity index is 2.23. The lowest BCUT2D eigenvalue weighted by molar-refractivity contribution is 0.00658. The van der Waals surface area contributed by atoms with E-state index in [1.54, 1.807) is 0 Å². The van der Waals surface area contributed by atoms with Crippen LogP contribution in [0.5, 0.6) is 0 Å². The van der Waals surface area contributed by atoms with Gasteiger partial charge in [0.05, 0.1) is 6.10 Å². The minimum atomic E-state index is -0.224. The predicted molar refractivity (Wildman–Crippen MR) is 57.3 cm³/mol. The van der Waals surface area contributed by atoms with Gasteiger partial charge in [-0.3, -0.25) is 0 Å². The summed E-state index contributed by atoms with van der Waals surface area (Å²) in [6, 6.07) is 0. The van der Waals surface area contributed by atoms with Crippen molar-refractivity contribution in [2.45, 2.75) is 45.3 Å². The smallest absolute Gasteiger partial charge is 0.0694 e. The fraction of sp³-hybridized carbons (Fsp3) is 1.00. The molecule has 1 aliphatic rings. The highest BCUT2D eigenvalue weighted by atomic mass is 16.5. The Morgan fingerprint density at radius 1 is 1.36 bits per heavy atom. The number of hydrogen-bond donors (Lipinski definition) is 2. The van der Waals surface area contributed by atoms with Crippen LogP contribution in [0.1, 0.15) is 33.6 Å². The lowest BCUT2D eigenvalue weighted by atomic mass is 9.93. The lowest BCUT2D eigenvalue weighted by Crippen LogP contribution is -2.44. The summed E-state index contributed by atoms with van der Waals surface area (Å²) in [4.78, 5) is 0. The fourth-order valence-electron chi connectivity index (χ4n) is 1.68. The van der Waals surface area contributed by atoms with E-state index >= 15 is 0 Å². The summed E-state index contributed by atoms with van der Waals surface area (Å²) in [7, 11) is 0. The van der Waals surface area contributed by atoms with Gasteiger partial charge in [-0.2, -0.15) is 0 Å². The van der Waals surface area contributed by atoms with Crippen LogP contribution in [0.15, 0.2) is 0 Å². The molecule has 1 unspecified atom stereocenters. The highest BCUT2D eigenvalue weighted by Crippen LogP contribution is 2.18. The predicted octanol–water partition coefficient (Wildman–Crippen LogP) is 1.16. The highest BCUT2D eigenvalue weighted by molar-refractivity contribution is 4.78. The quantitative estimate of drug-likeness (QED) is 0.720. The molecule has 0 aromatic heterocycles. The topological polar surface area (TPSA) is 41.5 Å². The third-order valence-electron chi connectivity index (χ3n) is 2.65. The zero-order valence-electron chi connectivity index (χ0n) is 9.55. The summed E-state index contributed by atoms with van der Waals surface area (Å²) >= 11 is 0. The van der Waals surface area contributed by atoms with Gasteiger partial charge in [-0.05, 0) is 39.5 Å². The first kappa shape index (κ1) is 12.0. The first-order valence-corrected chi connectivity index (χ1v) is 5.50. The summed E-state index contributed by atoms with van der Waals surface area (Å²) in [6.07, 6.45) is 1.76. The van der Waals surface area contributed by atoms with Crippen LogP contribution >= 0.6 is 0 Å². The average molecular weight is 201 g/mol. The number of aliphatic hydroxyl groups excluding tert-OH is 1. The van der Waals surface area contributed by atoms with Crippen molar-refractivity contribution in [2.24, 2.45) is 5.92 Å². The Morgan fingerprint density at radius 3 is 2.43 bits per heavy atom. The molecular weight excluding hydrogens is 178 g/mol. The minimum Gasteiger partial charge on any atom is -0.392 e. The third-order valence-corrected chi connectivity index (χ3v) is 2.65. The van der Waals surface area contributed by atoms with Gasteiger partial charge in [0, 0.05) is 25.3 Å². The Kier molecular flexibility index (Phi) is 4.35. The summed E-state index contributed by atoms with van der Waals surface area (Å²) in [5.74, 6) is 0.415. The van der Waals surface area contributed by atoms with E-state index in [4.69, 9.17) is 4.74 Å². The maximum atomic E-state index is 9.92. The zero-order valence-corrected chi connectivity index (χ0v) is 9.55. The van der Waals surface area contributed by atoms with E-state index in [2.05, 4.69) is 26.1 Å². The monoisotopic (exact) mass is 201 g/mol. The SMILES string of the molecule is CC(C)(C)NCC(O)C1CCOCC1. The van der Waals surface area contributed by atoms with Gasteiger partial charge in [0.2, 0.25) is 0 Å². The number of ether oxygens (including phenoxy) is 1. The second-order valence-electron chi connectivity index (χ2n) is 5.15.